The molecule has 3 aromatic carbocycles. The van der Waals surface area contributed by atoms with E-state index in [9.17, 15) is 4.39 Å². The molecular weight excluding hydrogens is 373 g/mol. The van der Waals surface area contributed by atoms with Crippen molar-refractivity contribution in [2.45, 2.75) is 44.9 Å². The van der Waals surface area contributed by atoms with Crippen LogP contribution in [0.15, 0.2) is 91.0 Å². The molecule has 0 aromatic heterocycles. The maximum absolute atomic E-state index is 12.2. The minimum atomic E-state index is -1.67. The number of benzene rings is 3. The molecule has 0 aliphatic rings. The van der Waals surface area contributed by atoms with Crippen LogP contribution >= 0.6 is 7.26 Å². The average molecular weight is 407 g/mol. The number of unbranched alkanes of at least 4 members (excludes halogenated alkanes) is 6. The van der Waals surface area contributed by atoms with E-state index in [1.807, 2.05) is 0 Å². The molecule has 152 valence electrons. The predicted molar refractivity (Wildman–Crippen MR) is 128 cm³/mol. The maximum Gasteiger partial charge on any atom is 0.112 e. The van der Waals surface area contributed by atoms with Gasteiger partial charge in [0.2, 0.25) is 0 Å². The minimum absolute atomic E-state index is 0.168. The molecule has 0 aliphatic carbocycles. The highest BCUT2D eigenvalue weighted by Crippen LogP contribution is 2.55. The van der Waals surface area contributed by atoms with Gasteiger partial charge in [-0.05, 0) is 55.7 Å². The van der Waals surface area contributed by atoms with E-state index in [-0.39, 0.29) is 6.67 Å². The van der Waals surface area contributed by atoms with Crippen LogP contribution in [0.25, 0.3) is 0 Å². The minimum Gasteiger partial charge on any atom is -0.251 e. The summed E-state index contributed by atoms with van der Waals surface area (Å²) in [5.74, 6) is 0. The molecule has 3 rings (SSSR count). The molecule has 0 saturated heterocycles. The van der Waals surface area contributed by atoms with Gasteiger partial charge in [-0.1, -0.05) is 80.3 Å². The van der Waals surface area contributed by atoms with Crippen molar-refractivity contribution in [1.82, 2.24) is 0 Å². The summed E-state index contributed by atoms with van der Waals surface area (Å²) in [5.41, 5.74) is 0. The van der Waals surface area contributed by atoms with Gasteiger partial charge < -0.3 is 0 Å². The van der Waals surface area contributed by atoms with Crippen molar-refractivity contribution in [1.29, 1.82) is 0 Å². The van der Waals surface area contributed by atoms with Crippen molar-refractivity contribution in [2.75, 3.05) is 12.8 Å². The summed E-state index contributed by atoms with van der Waals surface area (Å²) in [4.78, 5) is 0. The van der Waals surface area contributed by atoms with Crippen LogP contribution in [-0.4, -0.2) is 12.8 Å². The SMILES string of the molecule is [18F]CCCCCCCCC[P+](c1ccccc1)(c1ccccc1)c1ccccc1. The van der Waals surface area contributed by atoms with E-state index >= 15 is 0 Å². The molecule has 0 aliphatic heterocycles. The molecule has 0 N–H and O–H groups in total. The Labute approximate surface area is 176 Å². The summed E-state index contributed by atoms with van der Waals surface area (Å²) in [5, 5.41) is 4.42. The van der Waals surface area contributed by atoms with Gasteiger partial charge in [0, 0.05) is 0 Å². The van der Waals surface area contributed by atoms with Crippen LogP contribution in [0.1, 0.15) is 44.9 Å². The summed E-state index contributed by atoms with van der Waals surface area (Å²) in [7, 11) is -1.67. The highest BCUT2D eigenvalue weighted by atomic mass is 31.2. The average Bonchev–Trinajstić information content (AvgIpc) is 2.80. The van der Waals surface area contributed by atoms with Crippen LogP contribution in [-0.2, 0) is 0 Å². The molecule has 0 unspecified atom stereocenters. The molecule has 0 bridgehead atoms. The lowest BCUT2D eigenvalue weighted by molar-refractivity contribution is 0.450. The van der Waals surface area contributed by atoms with Gasteiger partial charge in [-0.25, -0.2) is 0 Å². The van der Waals surface area contributed by atoms with Gasteiger partial charge in [0.1, 0.15) is 23.2 Å². The first-order chi connectivity index (χ1) is 14.4. The van der Waals surface area contributed by atoms with Gasteiger partial charge in [-0.3, -0.25) is 4.39 Å². The van der Waals surface area contributed by atoms with Gasteiger partial charge in [-0.2, -0.15) is 0 Å². The van der Waals surface area contributed by atoms with Gasteiger partial charge >= 0.3 is 0 Å². The van der Waals surface area contributed by atoms with Crippen LogP contribution in [0.5, 0.6) is 0 Å². The third kappa shape index (κ3) is 5.77. The van der Waals surface area contributed by atoms with Gasteiger partial charge in [0.05, 0.1) is 12.8 Å². The van der Waals surface area contributed by atoms with Gasteiger partial charge in [0.15, 0.2) is 0 Å². The summed E-state index contributed by atoms with van der Waals surface area (Å²) < 4.78 is 12.2. The molecule has 0 fully saturated rings. The first-order valence-electron chi connectivity index (χ1n) is 11.0. The molecule has 2 heteroatoms. The Hall–Kier alpha value is -1.98. The van der Waals surface area contributed by atoms with Crippen LogP contribution < -0.4 is 15.9 Å². The molecule has 0 saturated carbocycles. The highest BCUT2D eigenvalue weighted by molar-refractivity contribution is 7.95. The smallest absolute Gasteiger partial charge is 0.112 e. The third-order valence-electron chi connectivity index (χ3n) is 5.72. The molecule has 29 heavy (non-hydrogen) atoms. The number of hydrogen-bond acceptors (Lipinski definition) is 0. The second kappa shape index (κ2) is 11.9. The van der Waals surface area contributed by atoms with Crippen LogP contribution in [0.3, 0.4) is 0 Å². The van der Waals surface area contributed by atoms with Crippen LogP contribution in [0.2, 0.25) is 0 Å². The predicted octanol–water partition coefficient (Wildman–Crippen LogP) is 6.68. The highest BCUT2D eigenvalue weighted by Gasteiger charge is 2.44. The molecule has 0 radical (unpaired) electrons. The summed E-state index contributed by atoms with van der Waals surface area (Å²) in [6.07, 6.45) is 9.10. The first-order valence-corrected chi connectivity index (χ1v) is 13.0. The number of hydrogen-bond donors (Lipinski definition) is 0. The maximum atomic E-state index is 12.2. The van der Waals surface area contributed by atoms with Gasteiger partial charge in [0.25, 0.3) is 0 Å². The van der Waals surface area contributed by atoms with E-state index in [0.717, 1.165) is 12.8 Å². The number of alkyl halides is 1. The second-order valence-corrected chi connectivity index (χ2v) is 11.3. The first kappa shape index (κ1) is 21.7. The van der Waals surface area contributed by atoms with E-state index in [4.69, 9.17) is 0 Å². The molecule has 0 amide bonds. The van der Waals surface area contributed by atoms with Crippen LogP contribution in [0, 0.1) is 0 Å². The van der Waals surface area contributed by atoms with Crippen molar-refractivity contribution in [3.05, 3.63) is 91.0 Å². The fraction of sp³-hybridized carbons (Fsp3) is 0.333. The summed E-state index contributed by atoms with van der Waals surface area (Å²) in [6, 6.07) is 33.4. The lowest BCUT2D eigenvalue weighted by atomic mass is 10.1. The zero-order valence-electron chi connectivity index (χ0n) is 17.3. The topological polar surface area (TPSA) is 0 Å². The molecule has 0 atom stereocenters. The van der Waals surface area contributed by atoms with Gasteiger partial charge in [-0.15, -0.1) is 0 Å². The van der Waals surface area contributed by atoms with Crippen molar-refractivity contribution < 1.29 is 4.39 Å². The van der Waals surface area contributed by atoms with E-state index in [1.165, 1.54) is 54.2 Å². The second-order valence-electron chi connectivity index (χ2n) is 7.70. The van der Waals surface area contributed by atoms with E-state index in [2.05, 4.69) is 91.0 Å². The number of halogens is 1. The fourth-order valence-electron chi connectivity index (χ4n) is 4.21. The molecular formula is C27H33FP+. The van der Waals surface area contributed by atoms with Crippen molar-refractivity contribution in [3.8, 4) is 0 Å². The Morgan fingerprint density at radius 3 is 1.17 bits per heavy atom. The number of rotatable bonds is 12. The van der Waals surface area contributed by atoms with E-state index < -0.39 is 7.26 Å². The molecule has 0 nitrogen and oxygen atoms in total. The van der Waals surface area contributed by atoms with Crippen molar-refractivity contribution >= 4 is 23.2 Å². The Morgan fingerprint density at radius 1 is 0.448 bits per heavy atom. The lowest BCUT2D eigenvalue weighted by Gasteiger charge is -2.27. The molecule has 0 heterocycles. The van der Waals surface area contributed by atoms with E-state index in [1.54, 1.807) is 0 Å². The Balaban J connectivity index is 1.83. The standard InChI is InChI=1S/C27H33FP/c28-23-15-4-2-1-3-5-16-24-29(25-17-9-6-10-18-25,26-19-11-7-12-20-26)27-21-13-8-14-22-27/h6-14,17-22H,1-5,15-16,23-24H2/q+1/i28-1. The Morgan fingerprint density at radius 2 is 0.793 bits per heavy atom. The van der Waals surface area contributed by atoms with Crippen molar-refractivity contribution in [3.63, 3.8) is 0 Å². The van der Waals surface area contributed by atoms with Crippen LogP contribution in [0.4, 0.5) is 4.39 Å². The van der Waals surface area contributed by atoms with Crippen molar-refractivity contribution in [2.24, 2.45) is 0 Å². The zero-order valence-corrected chi connectivity index (χ0v) is 18.2. The Bertz CT molecular complexity index is 705. The molecule has 0 spiro atoms. The van der Waals surface area contributed by atoms with E-state index in [0.29, 0.717) is 0 Å². The quantitative estimate of drug-likeness (QED) is 0.232. The largest absolute Gasteiger partial charge is 0.251 e. The molecule has 3 aromatic rings. The monoisotopic (exact) mass is 406 g/mol. The lowest BCUT2D eigenvalue weighted by Crippen LogP contribution is -2.33. The third-order valence-corrected chi connectivity index (χ3v) is 10.2. The fourth-order valence-corrected chi connectivity index (χ4v) is 8.62. The summed E-state index contributed by atoms with van der Waals surface area (Å²) in [6.45, 7) is -0.168. The normalized spacial score (nSPS) is 11.5. The Kier molecular flexibility index (Phi) is 8.90. The zero-order chi connectivity index (χ0) is 20.2. The summed E-state index contributed by atoms with van der Waals surface area (Å²) >= 11 is 0.